The maximum atomic E-state index is 3.67. The van der Waals surface area contributed by atoms with Crippen LogP contribution in [-0.4, -0.2) is 61.7 Å². The van der Waals surface area contributed by atoms with Gasteiger partial charge >= 0.3 is 0 Å². The van der Waals surface area contributed by atoms with Crippen LogP contribution < -0.4 is 5.32 Å². The fourth-order valence-corrected chi connectivity index (χ4v) is 2.64. The highest BCUT2D eigenvalue weighted by Crippen LogP contribution is 2.30. The maximum Gasteiger partial charge on any atom is 0.0322 e. The number of hydrogen-bond donors (Lipinski definition) is 1. The highest BCUT2D eigenvalue weighted by atomic mass is 15.2. The Morgan fingerprint density at radius 3 is 2.60 bits per heavy atom. The molecule has 1 aliphatic heterocycles. The summed E-state index contributed by atoms with van der Waals surface area (Å²) >= 11 is 0. The molecule has 0 radical (unpaired) electrons. The van der Waals surface area contributed by atoms with E-state index in [9.17, 15) is 0 Å². The van der Waals surface area contributed by atoms with Crippen LogP contribution in [0.3, 0.4) is 0 Å². The van der Waals surface area contributed by atoms with Crippen LogP contribution in [0.5, 0.6) is 0 Å². The Hall–Kier alpha value is -0.120. The van der Waals surface area contributed by atoms with Crippen molar-refractivity contribution < 1.29 is 0 Å². The fourth-order valence-electron chi connectivity index (χ4n) is 2.64. The van der Waals surface area contributed by atoms with Crippen LogP contribution in [0.4, 0.5) is 0 Å². The minimum absolute atomic E-state index is 0.658. The van der Waals surface area contributed by atoms with Gasteiger partial charge in [0, 0.05) is 31.2 Å². The van der Waals surface area contributed by atoms with Crippen LogP contribution in [0.15, 0.2) is 0 Å². The SMILES string of the molecule is CC1CCNC(CN(C)C)CN1C1CC1. The Labute approximate surface area is 93.8 Å². The highest BCUT2D eigenvalue weighted by molar-refractivity contribution is 4.92. The minimum Gasteiger partial charge on any atom is -0.311 e. The summed E-state index contributed by atoms with van der Waals surface area (Å²) in [6.45, 7) is 5.97. The number of nitrogens with one attached hydrogen (secondary N) is 1. The first kappa shape index (κ1) is 11.4. The summed E-state index contributed by atoms with van der Waals surface area (Å²) in [6, 6.07) is 2.34. The first-order chi connectivity index (χ1) is 7.16. The van der Waals surface area contributed by atoms with Gasteiger partial charge in [0.05, 0.1) is 0 Å². The first-order valence-corrected chi connectivity index (χ1v) is 6.30. The number of likely N-dealkylation sites (N-methyl/N-ethyl adjacent to an activating group) is 1. The van der Waals surface area contributed by atoms with Gasteiger partial charge < -0.3 is 10.2 Å². The standard InChI is InChI=1S/C12H25N3/c1-10-6-7-13-11(8-14(2)3)9-15(10)12-4-5-12/h10-13H,4-9H2,1-3H3. The predicted octanol–water partition coefficient (Wildman–Crippen LogP) is 0.763. The number of hydrogen-bond acceptors (Lipinski definition) is 3. The van der Waals surface area contributed by atoms with E-state index in [0.29, 0.717) is 6.04 Å². The average molecular weight is 211 g/mol. The van der Waals surface area contributed by atoms with Gasteiger partial charge in [-0.25, -0.2) is 0 Å². The van der Waals surface area contributed by atoms with E-state index in [-0.39, 0.29) is 0 Å². The van der Waals surface area contributed by atoms with Gasteiger partial charge in [0.25, 0.3) is 0 Å². The molecule has 88 valence electrons. The molecule has 0 aromatic carbocycles. The van der Waals surface area contributed by atoms with Gasteiger partial charge in [-0.3, -0.25) is 4.90 Å². The Kier molecular flexibility index (Phi) is 3.65. The normalized spacial score (nSPS) is 34.4. The molecule has 1 saturated carbocycles. The number of rotatable bonds is 3. The third kappa shape index (κ3) is 3.16. The van der Waals surface area contributed by atoms with Gasteiger partial charge in [-0.2, -0.15) is 0 Å². The molecule has 1 heterocycles. The van der Waals surface area contributed by atoms with Crippen molar-refractivity contribution in [1.82, 2.24) is 15.1 Å². The van der Waals surface area contributed by atoms with Gasteiger partial charge in [-0.1, -0.05) is 0 Å². The van der Waals surface area contributed by atoms with E-state index in [2.05, 4.69) is 36.1 Å². The van der Waals surface area contributed by atoms with E-state index in [1.807, 2.05) is 0 Å². The van der Waals surface area contributed by atoms with E-state index in [4.69, 9.17) is 0 Å². The number of nitrogens with zero attached hydrogens (tertiary/aromatic N) is 2. The molecule has 2 aliphatic rings. The van der Waals surface area contributed by atoms with Crippen molar-refractivity contribution in [3.8, 4) is 0 Å². The quantitative estimate of drug-likeness (QED) is 0.743. The molecular formula is C12H25N3. The van der Waals surface area contributed by atoms with Crippen molar-refractivity contribution in [3.05, 3.63) is 0 Å². The fraction of sp³-hybridized carbons (Fsp3) is 1.00. The van der Waals surface area contributed by atoms with Crippen LogP contribution in [0.2, 0.25) is 0 Å². The van der Waals surface area contributed by atoms with Crippen molar-refractivity contribution in [3.63, 3.8) is 0 Å². The van der Waals surface area contributed by atoms with Crippen molar-refractivity contribution in [1.29, 1.82) is 0 Å². The van der Waals surface area contributed by atoms with Crippen LogP contribution in [0.25, 0.3) is 0 Å². The summed E-state index contributed by atoms with van der Waals surface area (Å²) in [6.07, 6.45) is 4.17. The van der Waals surface area contributed by atoms with Crippen molar-refractivity contribution in [2.24, 2.45) is 0 Å². The molecule has 15 heavy (non-hydrogen) atoms. The zero-order valence-electron chi connectivity index (χ0n) is 10.4. The van der Waals surface area contributed by atoms with Crippen LogP contribution >= 0.6 is 0 Å². The van der Waals surface area contributed by atoms with Crippen LogP contribution in [-0.2, 0) is 0 Å². The molecule has 1 aliphatic carbocycles. The Morgan fingerprint density at radius 1 is 1.27 bits per heavy atom. The first-order valence-electron chi connectivity index (χ1n) is 6.30. The van der Waals surface area contributed by atoms with E-state index in [0.717, 1.165) is 18.6 Å². The summed E-state index contributed by atoms with van der Waals surface area (Å²) in [4.78, 5) is 5.02. The molecule has 0 spiro atoms. The topological polar surface area (TPSA) is 18.5 Å². The Bertz CT molecular complexity index is 201. The molecule has 2 rings (SSSR count). The molecule has 2 unspecified atom stereocenters. The predicted molar refractivity (Wildman–Crippen MR) is 64.2 cm³/mol. The molecule has 1 N–H and O–H groups in total. The maximum absolute atomic E-state index is 3.67. The molecule has 3 heteroatoms. The van der Waals surface area contributed by atoms with Gasteiger partial charge in [0.2, 0.25) is 0 Å². The second-order valence-corrected chi connectivity index (χ2v) is 5.48. The smallest absolute Gasteiger partial charge is 0.0322 e. The van der Waals surface area contributed by atoms with Gasteiger partial charge in [-0.15, -0.1) is 0 Å². The molecule has 3 nitrogen and oxygen atoms in total. The molecule has 0 bridgehead atoms. The second-order valence-electron chi connectivity index (χ2n) is 5.48. The van der Waals surface area contributed by atoms with Gasteiger partial charge in [-0.05, 0) is 46.8 Å². The molecule has 2 fully saturated rings. The summed E-state index contributed by atoms with van der Waals surface area (Å²) in [5.41, 5.74) is 0. The Morgan fingerprint density at radius 2 is 2.00 bits per heavy atom. The van der Waals surface area contributed by atoms with Gasteiger partial charge in [0.1, 0.15) is 0 Å². The average Bonchev–Trinajstić information content (AvgIpc) is 2.93. The largest absolute Gasteiger partial charge is 0.311 e. The summed E-state index contributed by atoms with van der Waals surface area (Å²) in [5, 5.41) is 3.67. The third-order valence-electron chi connectivity index (χ3n) is 3.59. The van der Waals surface area contributed by atoms with Crippen molar-refractivity contribution in [2.45, 2.75) is 44.3 Å². The lowest BCUT2D eigenvalue weighted by atomic mass is 10.2. The minimum atomic E-state index is 0.658. The van der Waals surface area contributed by atoms with E-state index in [1.165, 1.54) is 32.4 Å². The molecular weight excluding hydrogens is 186 g/mol. The van der Waals surface area contributed by atoms with Gasteiger partial charge in [0.15, 0.2) is 0 Å². The monoisotopic (exact) mass is 211 g/mol. The van der Waals surface area contributed by atoms with E-state index >= 15 is 0 Å². The zero-order valence-corrected chi connectivity index (χ0v) is 10.4. The summed E-state index contributed by atoms with van der Waals surface area (Å²) in [7, 11) is 4.33. The second kappa shape index (κ2) is 4.81. The molecule has 0 aromatic heterocycles. The lowest BCUT2D eigenvalue weighted by molar-refractivity contribution is 0.184. The molecule has 0 aromatic rings. The van der Waals surface area contributed by atoms with E-state index < -0.39 is 0 Å². The van der Waals surface area contributed by atoms with Crippen molar-refractivity contribution >= 4 is 0 Å². The van der Waals surface area contributed by atoms with E-state index in [1.54, 1.807) is 0 Å². The molecule has 0 amide bonds. The lowest BCUT2D eigenvalue weighted by Crippen LogP contribution is -2.46. The highest BCUT2D eigenvalue weighted by Gasteiger charge is 2.34. The molecule has 1 saturated heterocycles. The van der Waals surface area contributed by atoms with Crippen molar-refractivity contribution in [2.75, 3.05) is 33.7 Å². The Balaban J connectivity index is 1.91. The summed E-state index contributed by atoms with van der Waals surface area (Å²) in [5.74, 6) is 0. The molecule has 2 atom stereocenters. The third-order valence-corrected chi connectivity index (χ3v) is 3.59. The van der Waals surface area contributed by atoms with Crippen LogP contribution in [0.1, 0.15) is 26.2 Å². The van der Waals surface area contributed by atoms with Crippen LogP contribution in [0, 0.1) is 0 Å². The zero-order chi connectivity index (χ0) is 10.8. The summed E-state index contributed by atoms with van der Waals surface area (Å²) < 4.78 is 0. The lowest BCUT2D eigenvalue weighted by Gasteiger charge is -2.30.